The van der Waals surface area contributed by atoms with Gasteiger partial charge in [-0.2, -0.15) is 0 Å². The molecule has 0 radical (unpaired) electrons. The number of fused-ring (bicyclic) bond motifs is 3. The standard InChI is InChI=1S/C21H18O9/c22-9-3-1-8(2-4-9)13-6-11(23)15-19-10(16(25)18(27)21(15)29-13)5-14(30-19)20-17(26)12(24)7-28-20/h1-5,12-13,17,20,22,24-27H,6-7H2/t12-,13+,17-,20-/m1/s1. The van der Waals surface area contributed by atoms with Gasteiger partial charge < -0.3 is 39.4 Å². The molecule has 5 rings (SSSR count). The molecule has 0 bridgehead atoms. The Kier molecular flexibility index (Phi) is 4.14. The molecule has 9 nitrogen and oxygen atoms in total. The Morgan fingerprint density at radius 2 is 1.73 bits per heavy atom. The minimum atomic E-state index is -1.23. The molecule has 0 unspecified atom stereocenters. The lowest BCUT2D eigenvalue weighted by molar-refractivity contribution is 0.0128. The Hall–Kier alpha value is -3.27. The fourth-order valence-electron chi connectivity index (χ4n) is 3.92. The number of aliphatic hydroxyl groups is 2. The summed E-state index contributed by atoms with van der Waals surface area (Å²) in [5.41, 5.74) is 0.596. The largest absolute Gasteiger partial charge is 0.508 e. The molecular weight excluding hydrogens is 396 g/mol. The van der Waals surface area contributed by atoms with Crippen LogP contribution in [0.1, 0.15) is 40.3 Å². The second-order valence-electron chi connectivity index (χ2n) is 7.43. The van der Waals surface area contributed by atoms with Crippen molar-refractivity contribution in [1.82, 2.24) is 0 Å². The van der Waals surface area contributed by atoms with Gasteiger partial charge in [-0.15, -0.1) is 0 Å². The average Bonchev–Trinajstić information content (AvgIpc) is 3.30. The quantitative estimate of drug-likeness (QED) is 0.397. The number of aliphatic hydroxyl groups excluding tert-OH is 2. The first-order valence-electron chi connectivity index (χ1n) is 9.33. The number of furan rings is 1. The molecule has 4 atom stereocenters. The molecule has 9 heteroatoms. The topological polar surface area (TPSA) is 150 Å². The molecule has 0 spiro atoms. The van der Waals surface area contributed by atoms with E-state index in [0.717, 1.165) is 0 Å². The van der Waals surface area contributed by atoms with Gasteiger partial charge >= 0.3 is 0 Å². The first-order valence-corrected chi connectivity index (χ1v) is 9.33. The maximum Gasteiger partial charge on any atom is 0.202 e. The molecule has 3 aromatic rings. The van der Waals surface area contributed by atoms with E-state index in [-0.39, 0.29) is 52.6 Å². The van der Waals surface area contributed by atoms with Gasteiger partial charge in [-0.3, -0.25) is 4.79 Å². The second kappa shape index (κ2) is 6.63. The van der Waals surface area contributed by atoms with E-state index in [2.05, 4.69) is 0 Å². The van der Waals surface area contributed by atoms with Gasteiger partial charge in [-0.05, 0) is 23.8 Å². The van der Waals surface area contributed by atoms with Gasteiger partial charge in [0.05, 0.1) is 18.4 Å². The van der Waals surface area contributed by atoms with Crippen LogP contribution in [0.2, 0.25) is 0 Å². The summed E-state index contributed by atoms with van der Waals surface area (Å²) < 4.78 is 16.9. The molecule has 2 aliphatic rings. The van der Waals surface area contributed by atoms with Crippen molar-refractivity contribution in [1.29, 1.82) is 0 Å². The van der Waals surface area contributed by atoms with Crippen LogP contribution >= 0.6 is 0 Å². The van der Waals surface area contributed by atoms with Gasteiger partial charge in [-0.25, -0.2) is 0 Å². The molecule has 156 valence electrons. The van der Waals surface area contributed by atoms with Crippen molar-refractivity contribution in [3.05, 3.63) is 47.2 Å². The van der Waals surface area contributed by atoms with Crippen LogP contribution in [0.4, 0.5) is 0 Å². The highest BCUT2D eigenvalue weighted by molar-refractivity contribution is 6.12. The number of ether oxygens (including phenoxy) is 2. The number of aromatic hydroxyl groups is 3. The van der Waals surface area contributed by atoms with Gasteiger partial charge in [0, 0.05) is 0 Å². The van der Waals surface area contributed by atoms with Crippen molar-refractivity contribution in [2.75, 3.05) is 6.61 Å². The van der Waals surface area contributed by atoms with Crippen molar-refractivity contribution in [3.8, 4) is 23.0 Å². The number of hydrogen-bond acceptors (Lipinski definition) is 9. The summed E-state index contributed by atoms with van der Waals surface area (Å²) in [6.45, 7) is -0.0887. The SMILES string of the molecule is O=C1C[C@@H](c2ccc(O)cc2)Oc2c(O)c(O)c3cc([C@H]4OC[C@@H](O)[C@H]4O)oc3c21. The van der Waals surface area contributed by atoms with Crippen LogP contribution < -0.4 is 4.74 Å². The molecule has 0 amide bonds. The number of phenolic OH excluding ortho intramolecular Hbond substituents is 3. The van der Waals surface area contributed by atoms with Crippen molar-refractivity contribution in [2.45, 2.75) is 30.8 Å². The van der Waals surface area contributed by atoms with Crippen LogP contribution in [0.25, 0.3) is 11.0 Å². The highest BCUT2D eigenvalue weighted by Crippen LogP contribution is 2.51. The summed E-state index contributed by atoms with van der Waals surface area (Å²) in [6.07, 6.45) is -4.07. The zero-order chi connectivity index (χ0) is 21.2. The predicted octanol–water partition coefficient (Wildman–Crippen LogP) is 2.05. The lowest BCUT2D eigenvalue weighted by atomic mass is 9.94. The van der Waals surface area contributed by atoms with Gasteiger partial charge in [0.2, 0.25) is 5.75 Å². The minimum absolute atomic E-state index is 0.00152. The zero-order valence-corrected chi connectivity index (χ0v) is 15.5. The second-order valence-corrected chi connectivity index (χ2v) is 7.43. The number of carbonyl (C=O) groups excluding carboxylic acids is 1. The summed E-state index contributed by atoms with van der Waals surface area (Å²) in [5, 5.41) is 50.3. The Labute approximate surface area is 169 Å². The van der Waals surface area contributed by atoms with E-state index in [1.165, 1.54) is 18.2 Å². The van der Waals surface area contributed by atoms with Gasteiger partial charge in [0.25, 0.3) is 0 Å². The van der Waals surface area contributed by atoms with Crippen molar-refractivity contribution >= 4 is 16.8 Å². The van der Waals surface area contributed by atoms with Crippen molar-refractivity contribution < 1.29 is 44.2 Å². The third kappa shape index (κ3) is 2.71. The lowest BCUT2D eigenvalue weighted by Crippen LogP contribution is -2.24. The number of hydrogen-bond donors (Lipinski definition) is 5. The lowest BCUT2D eigenvalue weighted by Gasteiger charge is -2.26. The summed E-state index contributed by atoms with van der Waals surface area (Å²) in [6, 6.07) is 7.47. The Morgan fingerprint density at radius 1 is 1.00 bits per heavy atom. The Balaban J connectivity index is 1.61. The highest BCUT2D eigenvalue weighted by Gasteiger charge is 2.40. The smallest absolute Gasteiger partial charge is 0.202 e. The molecule has 0 aliphatic carbocycles. The number of benzene rings is 2. The first-order chi connectivity index (χ1) is 14.3. The molecule has 3 heterocycles. The molecule has 5 N–H and O–H groups in total. The molecule has 30 heavy (non-hydrogen) atoms. The number of rotatable bonds is 2. The highest BCUT2D eigenvalue weighted by atomic mass is 16.5. The van der Waals surface area contributed by atoms with Crippen molar-refractivity contribution in [2.24, 2.45) is 0 Å². The van der Waals surface area contributed by atoms with E-state index in [1.54, 1.807) is 12.1 Å². The molecule has 1 fully saturated rings. The van der Waals surface area contributed by atoms with E-state index in [9.17, 15) is 30.3 Å². The van der Waals surface area contributed by atoms with Crippen molar-refractivity contribution in [3.63, 3.8) is 0 Å². The van der Waals surface area contributed by atoms with E-state index in [4.69, 9.17) is 13.9 Å². The summed E-state index contributed by atoms with van der Waals surface area (Å²) in [5.74, 6) is -1.55. The fraction of sp³-hybridized carbons (Fsp3) is 0.286. The van der Waals surface area contributed by atoms with E-state index in [1.807, 2.05) is 0 Å². The monoisotopic (exact) mass is 414 g/mol. The van der Waals surface area contributed by atoms with Crippen LogP contribution in [0.5, 0.6) is 23.0 Å². The first kappa shape index (κ1) is 18.7. The van der Waals surface area contributed by atoms with Gasteiger partial charge in [0.1, 0.15) is 41.5 Å². The number of phenols is 3. The Bertz CT molecular complexity index is 1150. The third-order valence-corrected chi connectivity index (χ3v) is 5.51. The minimum Gasteiger partial charge on any atom is -0.508 e. The van der Waals surface area contributed by atoms with Crippen LogP contribution in [-0.2, 0) is 4.74 Å². The van der Waals surface area contributed by atoms with Crippen LogP contribution in [0.3, 0.4) is 0 Å². The molecule has 0 saturated carbocycles. The maximum absolute atomic E-state index is 13.0. The summed E-state index contributed by atoms with van der Waals surface area (Å²) in [4.78, 5) is 13.0. The van der Waals surface area contributed by atoms with Crippen LogP contribution in [0.15, 0.2) is 34.7 Å². The molecule has 2 aromatic carbocycles. The predicted molar refractivity (Wildman–Crippen MR) is 101 cm³/mol. The molecular formula is C21H18O9. The van der Waals surface area contributed by atoms with E-state index in [0.29, 0.717) is 5.56 Å². The fourth-order valence-corrected chi connectivity index (χ4v) is 3.92. The zero-order valence-electron chi connectivity index (χ0n) is 15.5. The number of carbonyl (C=O) groups is 1. The Morgan fingerprint density at radius 3 is 2.40 bits per heavy atom. The summed E-state index contributed by atoms with van der Waals surface area (Å²) in [7, 11) is 0. The third-order valence-electron chi connectivity index (χ3n) is 5.51. The van der Waals surface area contributed by atoms with Crippen LogP contribution in [-0.4, -0.2) is 50.1 Å². The number of ketones is 1. The average molecular weight is 414 g/mol. The number of Topliss-reactive ketones (excluding diaryl/α,β-unsaturated/α-hetero) is 1. The molecule has 2 aliphatic heterocycles. The maximum atomic E-state index is 13.0. The van der Waals surface area contributed by atoms with E-state index >= 15 is 0 Å². The molecule has 1 saturated heterocycles. The normalized spacial score (nSPS) is 26.0. The molecule has 1 aromatic heterocycles. The van der Waals surface area contributed by atoms with Gasteiger partial charge in [0.15, 0.2) is 22.9 Å². The van der Waals surface area contributed by atoms with E-state index < -0.39 is 35.9 Å². The van der Waals surface area contributed by atoms with Gasteiger partial charge in [-0.1, -0.05) is 12.1 Å². The summed E-state index contributed by atoms with van der Waals surface area (Å²) >= 11 is 0. The van der Waals surface area contributed by atoms with Crippen LogP contribution in [0, 0.1) is 0 Å².